The van der Waals surface area contributed by atoms with Crippen molar-refractivity contribution in [2.45, 2.75) is 12.8 Å². The van der Waals surface area contributed by atoms with Gasteiger partial charge in [-0.25, -0.2) is 4.79 Å². The van der Waals surface area contributed by atoms with E-state index >= 15 is 0 Å². The minimum Gasteiger partial charge on any atom is -0.506 e. The number of carbonyl (C=O) groups excluding carboxylic acids is 1. The van der Waals surface area contributed by atoms with Crippen LogP contribution in [0.3, 0.4) is 0 Å². The Balaban J connectivity index is 2.24. The Morgan fingerprint density at radius 1 is 1.32 bits per heavy atom. The van der Waals surface area contributed by atoms with Crippen molar-refractivity contribution in [3.05, 3.63) is 69.0 Å². The third-order valence-corrected chi connectivity index (χ3v) is 4.38. The molecule has 0 spiro atoms. The first-order valence-corrected chi connectivity index (χ1v) is 8.30. The Kier molecular flexibility index (Phi) is 4.79. The highest BCUT2D eigenvalue weighted by Gasteiger charge is 2.36. The van der Waals surface area contributed by atoms with E-state index in [1.807, 2.05) is 6.07 Å². The molecule has 3 rings (SSSR count). The molecular weight excluding hydrogens is 365 g/mol. The summed E-state index contributed by atoms with van der Waals surface area (Å²) < 4.78 is 10.7. The number of benzene rings is 2. The second-order valence-electron chi connectivity index (χ2n) is 5.43. The number of aromatic hydroxyl groups is 1. The lowest BCUT2D eigenvalue weighted by atomic mass is 9.83. The number of phenols is 1. The Labute approximate surface area is 154 Å². The van der Waals surface area contributed by atoms with Crippen LogP contribution in [0.2, 0.25) is 10.0 Å². The monoisotopic (exact) mass is 379 g/mol. The van der Waals surface area contributed by atoms with Crippen LogP contribution in [-0.2, 0) is 9.53 Å². The third-order valence-electron chi connectivity index (χ3n) is 3.84. The third kappa shape index (κ3) is 3.25. The molecule has 25 heavy (non-hydrogen) atoms. The average molecular weight is 380 g/mol. The molecule has 1 heterocycles. The fourth-order valence-electron chi connectivity index (χ4n) is 2.80. The summed E-state index contributed by atoms with van der Waals surface area (Å²) in [6.45, 7) is 1.90. The van der Waals surface area contributed by atoms with E-state index in [0.29, 0.717) is 16.3 Å². The molecule has 0 amide bonds. The lowest BCUT2D eigenvalue weighted by molar-refractivity contribution is -0.139. The van der Waals surface area contributed by atoms with Crippen molar-refractivity contribution in [3.8, 4) is 11.5 Å². The van der Waals surface area contributed by atoms with Crippen LogP contribution in [0, 0.1) is 0 Å². The lowest BCUT2D eigenvalue weighted by Crippen LogP contribution is -2.27. The second kappa shape index (κ2) is 6.86. The maximum Gasteiger partial charge on any atom is 0.340 e. The highest BCUT2D eigenvalue weighted by atomic mass is 35.5. The lowest BCUT2D eigenvalue weighted by Gasteiger charge is -2.28. The predicted molar refractivity (Wildman–Crippen MR) is 94.9 cm³/mol. The Morgan fingerprint density at radius 3 is 2.76 bits per heavy atom. The fraction of sp³-hybridized carbons (Fsp3) is 0.167. The molecule has 0 saturated carbocycles. The van der Waals surface area contributed by atoms with Crippen molar-refractivity contribution in [2.75, 3.05) is 6.61 Å². The SMILES string of the molecule is CCOC(=O)C1=C(N)Oc2cc(O)c(Cl)cc2C1c1cccc(Cl)c1. The van der Waals surface area contributed by atoms with Crippen LogP contribution < -0.4 is 10.5 Å². The zero-order valence-corrected chi connectivity index (χ0v) is 14.8. The van der Waals surface area contributed by atoms with Gasteiger partial charge in [0, 0.05) is 16.7 Å². The first-order valence-electron chi connectivity index (χ1n) is 7.54. The molecule has 0 aromatic heterocycles. The Bertz CT molecular complexity index is 879. The number of fused-ring (bicyclic) bond motifs is 1. The molecule has 2 aromatic rings. The van der Waals surface area contributed by atoms with Crippen LogP contribution in [0.4, 0.5) is 0 Å². The van der Waals surface area contributed by atoms with Crippen molar-refractivity contribution in [1.82, 2.24) is 0 Å². The summed E-state index contributed by atoms with van der Waals surface area (Å²) in [5.74, 6) is -1.08. The van der Waals surface area contributed by atoms with Crippen LogP contribution in [-0.4, -0.2) is 17.7 Å². The summed E-state index contributed by atoms with van der Waals surface area (Å²) in [5.41, 5.74) is 7.47. The molecule has 2 aromatic carbocycles. The number of hydrogen-bond donors (Lipinski definition) is 2. The summed E-state index contributed by atoms with van der Waals surface area (Å²) in [6, 6.07) is 9.96. The number of ether oxygens (including phenoxy) is 2. The molecule has 0 aliphatic carbocycles. The van der Waals surface area contributed by atoms with Gasteiger partial charge in [-0.05, 0) is 30.7 Å². The van der Waals surface area contributed by atoms with Gasteiger partial charge in [0.1, 0.15) is 17.1 Å². The van der Waals surface area contributed by atoms with E-state index < -0.39 is 11.9 Å². The standard InChI is InChI=1S/C18H15Cl2NO4/c1-2-24-18(23)16-15(9-4-3-5-10(19)6-9)11-7-12(20)13(22)8-14(11)25-17(16)21/h3-8,15,22H,2,21H2,1H3. The van der Waals surface area contributed by atoms with Crippen LogP contribution in [0.25, 0.3) is 0 Å². The Morgan fingerprint density at radius 2 is 2.08 bits per heavy atom. The van der Waals surface area contributed by atoms with E-state index in [1.54, 1.807) is 31.2 Å². The van der Waals surface area contributed by atoms with Gasteiger partial charge in [0.25, 0.3) is 0 Å². The minimum atomic E-state index is -0.584. The van der Waals surface area contributed by atoms with Gasteiger partial charge in [-0.2, -0.15) is 0 Å². The second-order valence-corrected chi connectivity index (χ2v) is 6.27. The van der Waals surface area contributed by atoms with Crippen molar-refractivity contribution >= 4 is 29.2 Å². The molecule has 1 aliphatic heterocycles. The Hall–Kier alpha value is -2.37. The molecule has 0 bridgehead atoms. The van der Waals surface area contributed by atoms with Gasteiger partial charge in [-0.15, -0.1) is 0 Å². The molecule has 1 aliphatic rings. The molecule has 5 nitrogen and oxygen atoms in total. The minimum absolute atomic E-state index is 0.0855. The fourth-order valence-corrected chi connectivity index (χ4v) is 3.17. The van der Waals surface area contributed by atoms with Crippen molar-refractivity contribution in [2.24, 2.45) is 5.73 Å². The number of carbonyl (C=O) groups is 1. The van der Waals surface area contributed by atoms with E-state index in [0.717, 1.165) is 5.56 Å². The van der Waals surface area contributed by atoms with Gasteiger partial charge < -0.3 is 20.3 Å². The molecule has 0 radical (unpaired) electrons. The normalized spacial score (nSPS) is 16.2. The number of phenolic OH excluding ortho intramolecular Hbond substituents is 1. The topological polar surface area (TPSA) is 81.8 Å². The van der Waals surface area contributed by atoms with Crippen LogP contribution >= 0.6 is 23.2 Å². The van der Waals surface area contributed by atoms with E-state index in [-0.39, 0.29) is 28.8 Å². The molecule has 7 heteroatoms. The molecule has 1 atom stereocenters. The first kappa shape index (κ1) is 17.5. The maximum atomic E-state index is 12.5. The first-order chi connectivity index (χ1) is 11.9. The highest BCUT2D eigenvalue weighted by molar-refractivity contribution is 6.32. The van der Waals surface area contributed by atoms with Crippen LogP contribution in [0.1, 0.15) is 24.0 Å². The van der Waals surface area contributed by atoms with Gasteiger partial charge in [-0.3, -0.25) is 0 Å². The van der Waals surface area contributed by atoms with Crippen molar-refractivity contribution < 1.29 is 19.4 Å². The quantitative estimate of drug-likeness (QED) is 0.788. The molecule has 0 fully saturated rings. The van der Waals surface area contributed by atoms with Gasteiger partial charge in [-0.1, -0.05) is 35.3 Å². The maximum absolute atomic E-state index is 12.5. The van der Waals surface area contributed by atoms with E-state index in [4.69, 9.17) is 38.4 Å². The summed E-state index contributed by atoms with van der Waals surface area (Å²) in [4.78, 5) is 12.5. The number of esters is 1. The van der Waals surface area contributed by atoms with E-state index in [9.17, 15) is 9.90 Å². The van der Waals surface area contributed by atoms with Gasteiger partial charge >= 0.3 is 5.97 Å². The number of halogens is 2. The molecule has 0 saturated heterocycles. The highest BCUT2D eigenvalue weighted by Crippen LogP contribution is 2.46. The molecule has 130 valence electrons. The summed E-state index contributed by atoms with van der Waals surface area (Å²) >= 11 is 12.2. The van der Waals surface area contributed by atoms with E-state index in [1.165, 1.54) is 6.07 Å². The predicted octanol–water partition coefficient (Wildman–Crippen LogP) is 3.96. The number of hydrogen-bond acceptors (Lipinski definition) is 5. The molecule has 3 N–H and O–H groups in total. The molecular formula is C18H15Cl2NO4. The summed E-state index contributed by atoms with van der Waals surface area (Å²) in [5, 5.41) is 10.5. The smallest absolute Gasteiger partial charge is 0.340 e. The van der Waals surface area contributed by atoms with Crippen LogP contribution in [0.5, 0.6) is 11.5 Å². The molecule has 1 unspecified atom stereocenters. The summed E-state index contributed by atoms with van der Waals surface area (Å²) in [7, 11) is 0. The van der Waals surface area contributed by atoms with Gasteiger partial charge in [0.05, 0.1) is 17.5 Å². The number of rotatable bonds is 3. The van der Waals surface area contributed by atoms with Crippen LogP contribution in [0.15, 0.2) is 47.9 Å². The zero-order chi connectivity index (χ0) is 18.1. The van der Waals surface area contributed by atoms with Crippen molar-refractivity contribution in [1.29, 1.82) is 0 Å². The van der Waals surface area contributed by atoms with E-state index in [2.05, 4.69) is 0 Å². The summed E-state index contributed by atoms with van der Waals surface area (Å²) in [6.07, 6.45) is 0. The van der Waals surface area contributed by atoms with Crippen molar-refractivity contribution in [3.63, 3.8) is 0 Å². The van der Waals surface area contributed by atoms with Gasteiger partial charge in [0.15, 0.2) is 0 Å². The largest absolute Gasteiger partial charge is 0.506 e. The van der Waals surface area contributed by atoms with Gasteiger partial charge in [0.2, 0.25) is 5.88 Å². The zero-order valence-electron chi connectivity index (χ0n) is 13.3. The number of nitrogens with two attached hydrogens (primary N) is 1. The average Bonchev–Trinajstić information content (AvgIpc) is 2.55.